The van der Waals surface area contributed by atoms with Gasteiger partial charge >= 0.3 is 11.9 Å². The molecular formula is C14H16O3. The molecule has 0 saturated carbocycles. The van der Waals surface area contributed by atoms with E-state index in [0.29, 0.717) is 12.0 Å². The average Bonchev–Trinajstić information content (AvgIpc) is 2.37. The third-order valence-electron chi connectivity index (χ3n) is 3.00. The second kappa shape index (κ2) is 3.99. The maximum Gasteiger partial charge on any atom is 0.346 e. The van der Waals surface area contributed by atoms with E-state index in [-0.39, 0.29) is 11.8 Å². The summed E-state index contributed by atoms with van der Waals surface area (Å²) in [7, 11) is 0. The smallest absolute Gasteiger partial charge is 0.346 e. The fourth-order valence-electron chi connectivity index (χ4n) is 1.90. The van der Waals surface area contributed by atoms with Crippen molar-refractivity contribution in [3.63, 3.8) is 0 Å². The highest BCUT2D eigenvalue weighted by molar-refractivity contribution is 5.99. The van der Waals surface area contributed by atoms with E-state index in [1.165, 1.54) is 0 Å². The lowest BCUT2D eigenvalue weighted by molar-refractivity contribution is -0.137. The molecule has 0 unspecified atom stereocenters. The molecule has 1 aromatic carbocycles. The SMILES string of the molecule is CC(C)(C)c1ccc2c(c1)C(=O)OC(=O)CC2. The van der Waals surface area contributed by atoms with Gasteiger partial charge in [0.05, 0.1) is 12.0 Å². The highest BCUT2D eigenvalue weighted by atomic mass is 16.6. The van der Waals surface area contributed by atoms with Crippen molar-refractivity contribution in [3.05, 3.63) is 34.9 Å². The number of fused-ring (bicyclic) bond motifs is 1. The third kappa shape index (κ3) is 2.38. The molecule has 1 aliphatic heterocycles. The minimum absolute atomic E-state index is 0.0222. The van der Waals surface area contributed by atoms with Crippen molar-refractivity contribution in [2.75, 3.05) is 0 Å². The minimum Gasteiger partial charge on any atom is -0.389 e. The first-order valence-electron chi connectivity index (χ1n) is 5.76. The summed E-state index contributed by atoms with van der Waals surface area (Å²) in [6, 6.07) is 5.79. The molecule has 0 atom stereocenters. The van der Waals surface area contributed by atoms with Crippen LogP contribution in [-0.2, 0) is 21.4 Å². The Morgan fingerprint density at radius 1 is 1.12 bits per heavy atom. The highest BCUT2D eigenvalue weighted by Gasteiger charge is 2.24. The van der Waals surface area contributed by atoms with Crippen LogP contribution in [0, 0.1) is 0 Å². The molecule has 17 heavy (non-hydrogen) atoms. The average molecular weight is 232 g/mol. The molecule has 0 N–H and O–H groups in total. The van der Waals surface area contributed by atoms with Gasteiger partial charge in [0, 0.05) is 0 Å². The maximum atomic E-state index is 11.8. The Balaban J connectivity index is 2.48. The van der Waals surface area contributed by atoms with E-state index < -0.39 is 11.9 Å². The van der Waals surface area contributed by atoms with Crippen molar-refractivity contribution in [1.29, 1.82) is 0 Å². The zero-order valence-corrected chi connectivity index (χ0v) is 10.4. The first-order chi connectivity index (χ1) is 7.88. The number of cyclic esters (lactones) is 2. The fraction of sp³-hybridized carbons (Fsp3) is 0.429. The number of carbonyl (C=O) groups excluding carboxylic acids is 2. The molecule has 0 radical (unpaired) electrons. The predicted octanol–water partition coefficient (Wildman–Crippen LogP) is 2.61. The van der Waals surface area contributed by atoms with Crippen LogP contribution in [0.1, 0.15) is 48.7 Å². The molecule has 90 valence electrons. The molecule has 1 heterocycles. The molecule has 2 rings (SSSR count). The summed E-state index contributed by atoms with van der Waals surface area (Å²) in [6.07, 6.45) is 0.845. The molecule has 0 aliphatic carbocycles. The van der Waals surface area contributed by atoms with Crippen LogP contribution in [0.25, 0.3) is 0 Å². The number of hydrogen-bond donors (Lipinski definition) is 0. The van der Waals surface area contributed by atoms with Crippen LogP contribution in [-0.4, -0.2) is 11.9 Å². The van der Waals surface area contributed by atoms with Gasteiger partial charge in [-0.2, -0.15) is 0 Å². The molecule has 0 fully saturated rings. The second-order valence-corrected chi connectivity index (χ2v) is 5.38. The molecule has 0 bridgehead atoms. The Hall–Kier alpha value is -1.64. The van der Waals surface area contributed by atoms with E-state index >= 15 is 0 Å². The molecule has 0 spiro atoms. The van der Waals surface area contributed by atoms with Gasteiger partial charge in [-0.3, -0.25) is 4.79 Å². The third-order valence-corrected chi connectivity index (χ3v) is 3.00. The molecule has 0 saturated heterocycles. The van der Waals surface area contributed by atoms with Gasteiger partial charge in [-0.1, -0.05) is 32.9 Å². The van der Waals surface area contributed by atoms with Gasteiger partial charge in [0.15, 0.2) is 0 Å². The molecule has 0 amide bonds. The van der Waals surface area contributed by atoms with E-state index in [1.807, 2.05) is 18.2 Å². The molecule has 1 aliphatic rings. The Kier molecular flexibility index (Phi) is 2.77. The fourth-order valence-corrected chi connectivity index (χ4v) is 1.90. The Bertz CT molecular complexity index is 481. The highest BCUT2D eigenvalue weighted by Crippen LogP contribution is 2.26. The van der Waals surface area contributed by atoms with Crippen LogP contribution in [0.3, 0.4) is 0 Å². The van der Waals surface area contributed by atoms with Gasteiger partial charge in [0.2, 0.25) is 0 Å². The van der Waals surface area contributed by atoms with Crippen molar-refractivity contribution in [2.24, 2.45) is 0 Å². The topological polar surface area (TPSA) is 43.4 Å². The van der Waals surface area contributed by atoms with Crippen molar-refractivity contribution < 1.29 is 14.3 Å². The Morgan fingerprint density at radius 2 is 1.82 bits per heavy atom. The normalized spacial score (nSPS) is 16.2. The summed E-state index contributed by atoms with van der Waals surface area (Å²) in [5, 5.41) is 0. The summed E-state index contributed by atoms with van der Waals surface area (Å²) in [5.41, 5.74) is 2.48. The maximum absolute atomic E-state index is 11.8. The molecular weight excluding hydrogens is 216 g/mol. The van der Waals surface area contributed by atoms with Gasteiger partial charge in [-0.05, 0) is 29.0 Å². The number of hydrogen-bond acceptors (Lipinski definition) is 3. The van der Waals surface area contributed by atoms with Crippen molar-refractivity contribution >= 4 is 11.9 Å². The van der Waals surface area contributed by atoms with E-state index in [2.05, 4.69) is 20.8 Å². The van der Waals surface area contributed by atoms with Gasteiger partial charge in [0.1, 0.15) is 0 Å². The van der Waals surface area contributed by atoms with Crippen molar-refractivity contribution in [2.45, 2.75) is 39.0 Å². The first-order valence-corrected chi connectivity index (χ1v) is 5.76. The lowest BCUT2D eigenvalue weighted by atomic mass is 9.85. The number of carbonyl (C=O) groups is 2. The Labute approximate surface area is 101 Å². The van der Waals surface area contributed by atoms with E-state index in [1.54, 1.807) is 0 Å². The van der Waals surface area contributed by atoms with Gasteiger partial charge in [-0.15, -0.1) is 0 Å². The standard InChI is InChI=1S/C14H16O3/c1-14(2,3)10-6-4-9-5-7-12(15)17-13(16)11(9)8-10/h4,6,8H,5,7H2,1-3H3. The summed E-state index contributed by atoms with van der Waals surface area (Å²) < 4.78 is 4.73. The van der Waals surface area contributed by atoms with Gasteiger partial charge in [-0.25, -0.2) is 4.79 Å². The zero-order chi connectivity index (χ0) is 12.6. The van der Waals surface area contributed by atoms with Gasteiger partial charge < -0.3 is 4.74 Å². The quantitative estimate of drug-likeness (QED) is 0.510. The number of ether oxygens (including phenoxy) is 1. The summed E-state index contributed by atoms with van der Waals surface area (Å²) in [4.78, 5) is 23.0. The van der Waals surface area contributed by atoms with Crippen LogP contribution < -0.4 is 0 Å². The van der Waals surface area contributed by atoms with E-state index in [9.17, 15) is 9.59 Å². The van der Waals surface area contributed by atoms with Crippen LogP contribution in [0.4, 0.5) is 0 Å². The summed E-state index contributed by atoms with van der Waals surface area (Å²) >= 11 is 0. The first kappa shape index (κ1) is 11.8. The Morgan fingerprint density at radius 3 is 2.47 bits per heavy atom. The van der Waals surface area contributed by atoms with Gasteiger partial charge in [0.25, 0.3) is 0 Å². The predicted molar refractivity (Wildman–Crippen MR) is 63.9 cm³/mol. The number of esters is 2. The zero-order valence-electron chi connectivity index (χ0n) is 10.4. The lowest BCUT2D eigenvalue weighted by Crippen LogP contribution is -2.14. The number of aryl methyl sites for hydroxylation is 1. The minimum atomic E-state index is -0.520. The molecule has 1 aromatic rings. The largest absolute Gasteiger partial charge is 0.389 e. The van der Waals surface area contributed by atoms with Crippen LogP contribution in [0.5, 0.6) is 0 Å². The number of rotatable bonds is 0. The van der Waals surface area contributed by atoms with E-state index in [0.717, 1.165) is 11.1 Å². The lowest BCUT2D eigenvalue weighted by Gasteiger charge is -2.20. The molecule has 0 aromatic heterocycles. The van der Waals surface area contributed by atoms with E-state index in [4.69, 9.17) is 4.74 Å². The molecule has 3 heteroatoms. The van der Waals surface area contributed by atoms with Crippen LogP contribution in [0.15, 0.2) is 18.2 Å². The van der Waals surface area contributed by atoms with Crippen molar-refractivity contribution in [1.82, 2.24) is 0 Å². The number of benzene rings is 1. The monoisotopic (exact) mass is 232 g/mol. The van der Waals surface area contributed by atoms with Crippen molar-refractivity contribution in [3.8, 4) is 0 Å². The molecule has 3 nitrogen and oxygen atoms in total. The van der Waals surface area contributed by atoms with Crippen LogP contribution >= 0.6 is 0 Å². The van der Waals surface area contributed by atoms with Crippen LogP contribution in [0.2, 0.25) is 0 Å². The summed E-state index contributed by atoms with van der Waals surface area (Å²) in [5.74, 6) is -0.961. The summed E-state index contributed by atoms with van der Waals surface area (Å²) in [6.45, 7) is 6.26. The second-order valence-electron chi connectivity index (χ2n) is 5.38.